The number of halogens is 1. The first-order valence-corrected chi connectivity index (χ1v) is 10.2. The Labute approximate surface area is 178 Å². The normalized spacial score (nSPS) is 14.4. The number of nitrogens with zero attached hydrogens (tertiary/aromatic N) is 3. The fraction of sp³-hybridized carbons (Fsp3) is 0.273. The Bertz CT molecular complexity index is 946. The van der Waals surface area contributed by atoms with Crippen molar-refractivity contribution in [2.75, 3.05) is 37.7 Å². The second kappa shape index (κ2) is 9.48. The average molecular weight is 456 g/mol. The Morgan fingerprint density at radius 2 is 1.93 bits per heavy atom. The van der Waals surface area contributed by atoms with E-state index in [2.05, 4.69) is 33.0 Å². The van der Waals surface area contributed by atoms with E-state index in [-0.39, 0.29) is 17.2 Å². The van der Waals surface area contributed by atoms with Gasteiger partial charge in [-0.2, -0.15) is 5.26 Å². The number of para-hydroxylation sites is 1. The number of phenols is 1. The van der Waals surface area contributed by atoms with Gasteiger partial charge in [0.15, 0.2) is 11.5 Å². The third kappa shape index (κ3) is 4.90. The summed E-state index contributed by atoms with van der Waals surface area (Å²) in [4.78, 5) is 16.8. The molecule has 2 aromatic carbocycles. The van der Waals surface area contributed by atoms with Gasteiger partial charge >= 0.3 is 0 Å². The minimum absolute atomic E-state index is 0.00209. The number of hydrogen-bond acceptors (Lipinski definition) is 5. The fourth-order valence-corrected chi connectivity index (χ4v) is 3.66. The van der Waals surface area contributed by atoms with Gasteiger partial charge in [0.2, 0.25) is 0 Å². The van der Waals surface area contributed by atoms with Gasteiger partial charge in [-0.15, -0.1) is 0 Å². The van der Waals surface area contributed by atoms with Crippen LogP contribution in [-0.2, 0) is 4.79 Å². The SMILES string of the molecule is CCOc1cc(C=C(C#N)C(=O)N2CCN(c3ccccc3)CC2)c(Br)cc1O. The molecule has 0 spiro atoms. The van der Waals surface area contributed by atoms with Crippen LogP contribution in [-0.4, -0.2) is 48.7 Å². The van der Waals surface area contributed by atoms with Crippen LogP contribution in [0.2, 0.25) is 0 Å². The van der Waals surface area contributed by atoms with Crippen molar-refractivity contribution >= 4 is 33.6 Å². The van der Waals surface area contributed by atoms with Crippen LogP contribution in [0.1, 0.15) is 12.5 Å². The molecule has 2 aromatic rings. The van der Waals surface area contributed by atoms with Gasteiger partial charge in [-0.1, -0.05) is 34.1 Å². The van der Waals surface area contributed by atoms with Crippen LogP contribution < -0.4 is 9.64 Å². The van der Waals surface area contributed by atoms with Gasteiger partial charge in [0.25, 0.3) is 5.91 Å². The van der Waals surface area contributed by atoms with Gasteiger partial charge in [0.1, 0.15) is 11.6 Å². The molecule has 3 rings (SSSR count). The van der Waals surface area contributed by atoms with Crippen LogP contribution in [0.4, 0.5) is 5.69 Å². The summed E-state index contributed by atoms with van der Waals surface area (Å²) in [6.07, 6.45) is 1.53. The van der Waals surface area contributed by atoms with E-state index in [4.69, 9.17) is 4.74 Å². The lowest BCUT2D eigenvalue weighted by Crippen LogP contribution is -2.49. The summed E-state index contributed by atoms with van der Waals surface area (Å²) in [6.45, 7) is 4.74. The lowest BCUT2D eigenvalue weighted by atomic mass is 10.1. The molecule has 1 amide bonds. The van der Waals surface area contributed by atoms with Gasteiger partial charge in [-0.25, -0.2) is 0 Å². The van der Waals surface area contributed by atoms with Crippen molar-refractivity contribution in [3.05, 3.63) is 58.1 Å². The molecule has 0 radical (unpaired) electrons. The number of nitriles is 1. The van der Waals surface area contributed by atoms with Gasteiger partial charge in [-0.3, -0.25) is 4.79 Å². The summed E-state index contributed by atoms with van der Waals surface area (Å²) < 4.78 is 5.97. The number of carbonyl (C=O) groups excluding carboxylic acids is 1. The zero-order valence-corrected chi connectivity index (χ0v) is 17.7. The van der Waals surface area contributed by atoms with E-state index in [1.165, 1.54) is 12.1 Å². The van der Waals surface area contributed by atoms with Crippen molar-refractivity contribution < 1.29 is 14.6 Å². The molecule has 0 aliphatic carbocycles. The molecule has 1 N–H and O–H groups in total. The Hall–Kier alpha value is -2.98. The molecular formula is C22H22BrN3O3. The number of benzene rings is 2. The predicted octanol–water partition coefficient (Wildman–Crippen LogP) is 3.81. The van der Waals surface area contributed by atoms with Crippen molar-refractivity contribution in [1.82, 2.24) is 4.90 Å². The van der Waals surface area contributed by atoms with E-state index in [0.29, 0.717) is 48.6 Å². The maximum atomic E-state index is 12.9. The summed E-state index contributed by atoms with van der Waals surface area (Å²) in [7, 11) is 0. The maximum Gasteiger partial charge on any atom is 0.264 e. The first-order chi connectivity index (χ1) is 14.0. The molecule has 1 fully saturated rings. The summed E-state index contributed by atoms with van der Waals surface area (Å²) in [5.41, 5.74) is 1.78. The van der Waals surface area contributed by atoms with E-state index in [1.807, 2.05) is 31.2 Å². The van der Waals surface area contributed by atoms with Crippen molar-refractivity contribution in [2.24, 2.45) is 0 Å². The largest absolute Gasteiger partial charge is 0.504 e. The molecule has 0 unspecified atom stereocenters. The minimum Gasteiger partial charge on any atom is -0.504 e. The number of hydrogen-bond donors (Lipinski definition) is 1. The van der Waals surface area contributed by atoms with Crippen LogP contribution in [0.5, 0.6) is 11.5 Å². The number of anilines is 1. The van der Waals surface area contributed by atoms with Gasteiger partial charge < -0.3 is 19.6 Å². The lowest BCUT2D eigenvalue weighted by Gasteiger charge is -2.36. The second-order valence-corrected chi connectivity index (χ2v) is 7.41. The molecule has 1 aliphatic rings. The van der Waals surface area contributed by atoms with Crippen molar-refractivity contribution in [3.8, 4) is 17.6 Å². The summed E-state index contributed by atoms with van der Waals surface area (Å²) in [5.74, 6) is 0.0130. The van der Waals surface area contributed by atoms with Crippen LogP contribution >= 0.6 is 15.9 Å². The molecule has 0 aromatic heterocycles. The summed E-state index contributed by atoms with van der Waals surface area (Å²) in [6, 6.07) is 15.2. The number of rotatable bonds is 5. The molecule has 1 aliphatic heterocycles. The highest BCUT2D eigenvalue weighted by atomic mass is 79.9. The topological polar surface area (TPSA) is 76.8 Å². The van der Waals surface area contributed by atoms with Crippen molar-refractivity contribution in [3.63, 3.8) is 0 Å². The summed E-state index contributed by atoms with van der Waals surface area (Å²) in [5, 5.41) is 19.5. The molecule has 1 heterocycles. The molecule has 29 heavy (non-hydrogen) atoms. The van der Waals surface area contributed by atoms with Gasteiger partial charge in [-0.05, 0) is 42.8 Å². The number of amides is 1. The van der Waals surface area contributed by atoms with Crippen molar-refractivity contribution in [2.45, 2.75) is 6.92 Å². The number of ether oxygens (including phenoxy) is 1. The van der Waals surface area contributed by atoms with Crippen LogP contribution in [0.15, 0.2) is 52.5 Å². The van der Waals surface area contributed by atoms with E-state index >= 15 is 0 Å². The van der Waals surface area contributed by atoms with Crippen LogP contribution in [0, 0.1) is 11.3 Å². The standard InChI is InChI=1S/C22H22BrN3O3/c1-2-29-21-13-16(19(23)14-20(21)27)12-17(15-24)22(28)26-10-8-25(9-11-26)18-6-4-3-5-7-18/h3-7,12-14,27H,2,8-11H2,1H3. The molecule has 7 heteroatoms. The third-order valence-corrected chi connectivity index (χ3v) is 5.40. The average Bonchev–Trinajstić information content (AvgIpc) is 2.75. The molecular weight excluding hydrogens is 434 g/mol. The van der Waals surface area contributed by atoms with E-state index < -0.39 is 0 Å². The highest BCUT2D eigenvalue weighted by molar-refractivity contribution is 9.10. The number of carbonyl (C=O) groups is 1. The monoisotopic (exact) mass is 455 g/mol. The highest BCUT2D eigenvalue weighted by Crippen LogP contribution is 2.34. The summed E-state index contributed by atoms with van der Waals surface area (Å²) >= 11 is 3.37. The molecule has 150 valence electrons. The number of phenolic OH excluding ortho intramolecular Hbond substituents is 1. The second-order valence-electron chi connectivity index (χ2n) is 6.56. The Morgan fingerprint density at radius 1 is 1.24 bits per heavy atom. The molecule has 6 nitrogen and oxygen atoms in total. The maximum absolute atomic E-state index is 12.9. The Balaban J connectivity index is 1.75. The van der Waals surface area contributed by atoms with E-state index in [9.17, 15) is 15.2 Å². The molecule has 0 atom stereocenters. The first-order valence-electron chi connectivity index (χ1n) is 9.40. The van der Waals surface area contributed by atoms with Crippen LogP contribution in [0.3, 0.4) is 0 Å². The van der Waals surface area contributed by atoms with Gasteiger partial charge in [0.05, 0.1) is 6.61 Å². The van der Waals surface area contributed by atoms with E-state index in [0.717, 1.165) is 5.69 Å². The zero-order valence-electron chi connectivity index (χ0n) is 16.1. The van der Waals surface area contributed by atoms with E-state index in [1.54, 1.807) is 11.0 Å². The number of piperazine rings is 1. The predicted molar refractivity (Wildman–Crippen MR) is 116 cm³/mol. The first kappa shape index (κ1) is 20.7. The molecule has 1 saturated heterocycles. The quantitative estimate of drug-likeness (QED) is 0.547. The lowest BCUT2D eigenvalue weighted by molar-refractivity contribution is -0.126. The fourth-order valence-electron chi connectivity index (χ4n) is 3.21. The molecule has 0 bridgehead atoms. The minimum atomic E-state index is -0.293. The zero-order chi connectivity index (χ0) is 20.8. The highest BCUT2D eigenvalue weighted by Gasteiger charge is 2.24. The smallest absolute Gasteiger partial charge is 0.264 e. The number of aromatic hydroxyl groups is 1. The van der Waals surface area contributed by atoms with Gasteiger partial charge in [0, 0.05) is 36.3 Å². The third-order valence-electron chi connectivity index (χ3n) is 4.72. The Kier molecular flexibility index (Phi) is 6.78. The van der Waals surface area contributed by atoms with Crippen LogP contribution in [0.25, 0.3) is 6.08 Å². The Morgan fingerprint density at radius 3 is 2.55 bits per heavy atom. The van der Waals surface area contributed by atoms with Crippen molar-refractivity contribution in [1.29, 1.82) is 5.26 Å². The molecule has 0 saturated carbocycles.